The van der Waals surface area contributed by atoms with Crippen LogP contribution >= 0.6 is 11.6 Å². The molecule has 4 heteroatoms. The molecule has 2 aromatic carbocycles. The zero-order valence-electron chi connectivity index (χ0n) is 10.9. The molecular formula is C16H16ClNO2. The van der Waals surface area contributed by atoms with Gasteiger partial charge in [-0.1, -0.05) is 54.1 Å². The molecule has 0 aliphatic carbocycles. The first-order valence-corrected chi connectivity index (χ1v) is 6.78. The molecule has 0 spiro atoms. The highest BCUT2D eigenvalue weighted by atomic mass is 35.5. The number of aliphatic hydroxyl groups is 1. The molecular weight excluding hydrogens is 274 g/mol. The highest BCUT2D eigenvalue weighted by Gasteiger charge is 2.15. The Kier molecular flexibility index (Phi) is 5.16. The minimum atomic E-state index is -0.332. The van der Waals surface area contributed by atoms with Crippen LogP contribution in [0.15, 0.2) is 54.6 Å². The second-order valence-electron chi connectivity index (χ2n) is 4.52. The minimum absolute atomic E-state index is 0.120. The van der Waals surface area contributed by atoms with Gasteiger partial charge in [-0.2, -0.15) is 0 Å². The lowest BCUT2D eigenvalue weighted by Gasteiger charge is -2.17. The summed E-state index contributed by atoms with van der Waals surface area (Å²) >= 11 is 5.98. The molecule has 2 aromatic rings. The van der Waals surface area contributed by atoms with Crippen LogP contribution in [0.5, 0.6) is 0 Å². The number of benzene rings is 2. The van der Waals surface area contributed by atoms with Gasteiger partial charge in [0.25, 0.3) is 5.91 Å². The van der Waals surface area contributed by atoms with Gasteiger partial charge in [0.15, 0.2) is 0 Å². The van der Waals surface area contributed by atoms with E-state index in [1.165, 1.54) is 0 Å². The number of amides is 1. The summed E-state index contributed by atoms with van der Waals surface area (Å²) in [5, 5.41) is 12.6. The Bertz CT molecular complexity index is 572. The molecule has 1 amide bonds. The van der Waals surface area contributed by atoms with E-state index >= 15 is 0 Å². The van der Waals surface area contributed by atoms with Gasteiger partial charge in [0, 0.05) is 0 Å². The van der Waals surface area contributed by atoms with Crippen molar-refractivity contribution in [1.29, 1.82) is 0 Å². The van der Waals surface area contributed by atoms with Crippen molar-refractivity contribution in [2.45, 2.75) is 12.5 Å². The number of halogens is 1. The third-order valence-electron chi connectivity index (χ3n) is 3.00. The Hall–Kier alpha value is -1.84. The van der Waals surface area contributed by atoms with Gasteiger partial charge >= 0.3 is 0 Å². The van der Waals surface area contributed by atoms with Crippen molar-refractivity contribution >= 4 is 17.5 Å². The summed E-state index contributed by atoms with van der Waals surface area (Å²) in [7, 11) is 0. The van der Waals surface area contributed by atoms with Crippen LogP contribution in [0.2, 0.25) is 5.02 Å². The van der Waals surface area contributed by atoms with Crippen molar-refractivity contribution in [2.24, 2.45) is 0 Å². The van der Waals surface area contributed by atoms with Crippen molar-refractivity contribution in [3.63, 3.8) is 0 Å². The number of hydrogen-bond donors (Lipinski definition) is 2. The fourth-order valence-corrected chi connectivity index (χ4v) is 2.19. The summed E-state index contributed by atoms with van der Waals surface area (Å²) in [6.07, 6.45) is 0.577. The first kappa shape index (κ1) is 14.6. The van der Waals surface area contributed by atoms with Gasteiger partial charge in [0.2, 0.25) is 0 Å². The van der Waals surface area contributed by atoms with E-state index in [-0.39, 0.29) is 18.6 Å². The van der Waals surface area contributed by atoms with E-state index in [0.29, 0.717) is 17.0 Å². The molecule has 0 saturated carbocycles. The molecule has 0 aromatic heterocycles. The zero-order chi connectivity index (χ0) is 14.4. The monoisotopic (exact) mass is 289 g/mol. The molecule has 20 heavy (non-hydrogen) atoms. The number of carbonyl (C=O) groups is 1. The summed E-state index contributed by atoms with van der Waals surface area (Å²) < 4.78 is 0. The van der Waals surface area contributed by atoms with Gasteiger partial charge in [-0.3, -0.25) is 4.79 Å². The SMILES string of the molecule is O=C(N[C@@H](CO)Cc1ccccc1)c1ccccc1Cl. The maximum Gasteiger partial charge on any atom is 0.253 e. The normalized spacial score (nSPS) is 11.9. The van der Waals surface area contributed by atoms with E-state index in [9.17, 15) is 9.90 Å². The predicted molar refractivity (Wildman–Crippen MR) is 79.9 cm³/mol. The summed E-state index contributed by atoms with van der Waals surface area (Å²) in [5.74, 6) is -0.273. The maximum absolute atomic E-state index is 12.1. The Morgan fingerprint density at radius 1 is 1.10 bits per heavy atom. The molecule has 2 rings (SSSR count). The quantitative estimate of drug-likeness (QED) is 0.889. The van der Waals surface area contributed by atoms with Crippen molar-refractivity contribution in [3.05, 3.63) is 70.7 Å². The molecule has 2 N–H and O–H groups in total. The fourth-order valence-electron chi connectivity index (χ4n) is 1.97. The van der Waals surface area contributed by atoms with Crippen molar-refractivity contribution in [2.75, 3.05) is 6.61 Å². The number of nitrogens with one attached hydrogen (secondary N) is 1. The maximum atomic E-state index is 12.1. The van der Waals surface area contributed by atoms with E-state index < -0.39 is 0 Å². The van der Waals surface area contributed by atoms with Crippen molar-refractivity contribution in [3.8, 4) is 0 Å². The molecule has 0 aliphatic rings. The number of rotatable bonds is 5. The zero-order valence-corrected chi connectivity index (χ0v) is 11.7. The lowest BCUT2D eigenvalue weighted by Crippen LogP contribution is -2.39. The third-order valence-corrected chi connectivity index (χ3v) is 3.33. The standard InChI is InChI=1S/C16H16ClNO2/c17-15-9-5-4-8-14(15)16(20)18-13(11-19)10-12-6-2-1-3-7-12/h1-9,13,19H,10-11H2,(H,18,20)/t13-/m1/s1. The molecule has 3 nitrogen and oxygen atoms in total. The van der Waals surface area contributed by atoms with Crippen molar-refractivity contribution < 1.29 is 9.90 Å². The molecule has 0 radical (unpaired) electrons. The van der Waals surface area contributed by atoms with Crippen molar-refractivity contribution in [1.82, 2.24) is 5.32 Å². The minimum Gasteiger partial charge on any atom is -0.394 e. The van der Waals surface area contributed by atoms with Crippen LogP contribution in [-0.2, 0) is 6.42 Å². The van der Waals surface area contributed by atoms with Crippen LogP contribution < -0.4 is 5.32 Å². The number of hydrogen-bond acceptors (Lipinski definition) is 2. The Morgan fingerprint density at radius 2 is 1.75 bits per heavy atom. The second-order valence-corrected chi connectivity index (χ2v) is 4.93. The Labute approximate surface area is 123 Å². The van der Waals surface area contributed by atoms with Crippen LogP contribution in [0.4, 0.5) is 0 Å². The molecule has 0 heterocycles. The average Bonchev–Trinajstić information content (AvgIpc) is 2.48. The predicted octanol–water partition coefficient (Wildman–Crippen LogP) is 2.67. The first-order valence-electron chi connectivity index (χ1n) is 6.41. The lowest BCUT2D eigenvalue weighted by molar-refractivity contribution is 0.0916. The summed E-state index contributed by atoms with van der Waals surface area (Å²) in [4.78, 5) is 12.1. The molecule has 0 bridgehead atoms. The smallest absolute Gasteiger partial charge is 0.253 e. The van der Waals surface area contributed by atoms with Gasteiger partial charge in [0.05, 0.1) is 23.2 Å². The summed E-state index contributed by atoms with van der Waals surface area (Å²) in [6.45, 7) is -0.120. The molecule has 104 valence electrons. The number of carbonyl (C=O) groups excluding carboxylic acids is 1. The number of aliphatic hydroxyl groups excluding tert-OH is 1. The van der Waals surface area contributed by atoms with E-state index in [0.717, 1.165) is 5.56 Å². The summed E-state index contributed by atoms with van der Waals surface area (Å²) in [5.41, 5.74) is 1.48. The van der Waals surface area contributed by atoms with Gasteiger partial charge in [-0.15, -0.1) is 0 Å². The second kappa shape index (κ2) is 7.08. The van der Waals surface area contributed by atoms with Gasteiger partial charge in [-0.05, 0) is 24.1 Å². The topological polar surface area (TPSA) is 49.3 Å². The van der Waals surface area contributed by atoms with Gasteiger partial charge < -0.3 is 10.4 Å². The van der Waals surface area contributed by atoms with Crippen LogP contribution in [0.1, 0.15) is 15.9 Å². The third kappa shape index (κ3) is 3.83. The van der Waals surface area contributed by atoms with Crippen LogP contribution in [0.3, 0.4) is 0 Å². The Balaban J connectivity index is 2.03. The first-order chi connectivity index (χ1) is 9.70. The highest BCUT2D eigenvalue weighted by Crippen LogP contribution is 2.15. The van der Waals surface area contributed by atoms with Gasteiger partial charge in [0.1, 0.15) is 0 Å². The molecule has 0 unspecified atom stereocenters. The van der Waals surface area contributed by atoms with Crippen LogP contribution in [-0.4, -0.2) is 23.7 Å². The molecule has 1 atom stereocenters. The fraction of sp³-hybridized carbons (Fsp3) is 0.188. The largest absolute Gasteiger partial charge is 0.394 e. The van der Waals surface area contributed by atoms with E-state index in [1.807, 2.05) is 30.3 Å². The summed E-state index contributed by atoms with van der Waals surface area (Å²) in [6, 6.07) is 16.2. The Morgan fingerprint density at radius 3 is 2.40 bits per heavy atom. The molecule has 0 aliphatic heterocycles. The highest BCUT2D eigenvalue weighted by molar-refractivity contribution is 6.33. The van der Waals surface area contributed by atoms with E-state index in [2.05, 4.69) is 5.32 Å². The van der Waals surface area contributed by atoms with E-state index in [4.69, 9.17) is 11.6 Å². The van der Waals surface area contributed by atoms with Crippen LogP contribution in [0, 0.1) is 0 Å². The average molecular weight is 290 g/mol. The lowest BCUT2D eigenvalue weighted by atomic mass is 10.1. The molecule has 0 fully saturated rings. The van der Waals surface area contributed by atoms with Crippen LogP contribution in [0.25, 0.3) is 0 Å². The van der Waals surface area contributed by atoms with Gasteiger partial charge in [-0.25, -0.2) is 0 Å². The van der Waals surface area contributed by atoms with E-state index in [1.54, 1.807) is 24.3 Å². The molecule has 0 saturated heterocycles.